The van der Waals surface area contributed by atoms with Crippen molar-refractivity contribution in [1.29, 1.82) is 0 Å². The van der Waals surface area contributed by atoms with Gasteiger partial charge in [0.1, 0.15) is 10.2 Å². The number of fused-ring (bicyclic) bond motifs is 1. The lowest BCUT2D eigenvalue weighted by Crippen LogP contribution is -2.22. The van der Waals surface area contributed by atoms with Gasteiger partial charge >= 0.3 is 0 Å². The van der Waals surface area contributed by atoms with E-state index in [9.17, 15) is 4.79 Å². The topological polar surface area (TPSA) is 53.4 Å². The summed E-state index contributed by atoms with van der Waals surface area (Å²) in [6.45, 7) is 3.81. The smallest absolute Gasteiger partial charge is 0.259 e. The van der Waals surface area contributed by atoms with E-state index >= 15 is 0 Å². The molecule has 1 N–H and O–H groups in total. The first-order chi connectivity index (χ1) is 11.4. The molecule has 0 atom stereocenters. The van der Waals surface area contributed by atoms with Crippen molar-refractivity contribution >= 4 is 23.8 Å². The van der Waals surface area contributed by atoms with Crippen LogP contribution in [0.25, 0.3) is 5.65 Å². The van der Waals surface area contributed by atoms with Crippen LogP contribution >= 0.6 is 12.2 Å². The molecule has 3 aromatic rings. The summed E-state index contributed by atoms with van der Waals surface area (Å²) >= 11 is 5.67. The lowest BCUT2D eigenvalue weighted by Gasteiger charge is -2.11. The fourth-order valence-corrected chi connectivity index (χ4v) is 3.16. The van der Waals surface area contributed by atoms with E-state index in [4.69, 9.17) is 12.2 Å². The van der Waals surface area contributed by atoms with Crippen molar-refractivity contribution in [2.45, 2.75) is 20.3 Å². The molecule has 24 heavy (non-hydrogen) atoms. The van der Waals surface area contributed by atoms with Gasteiger partial charge in [0.15, 0.2) is 5.65 Å². The van der Waals surface area contributed by atoms with E-state index in [1.807, 2.05) is 32.0 Å². The highest BCUT2D eigenvalue weighted by Crippen LogP contribution is 2.21. The Hall–Kier alpha value is -2.47. The van der Waals surface area contributed by atoms with Crippen molar-refractivity contribution in [1.82, 2.24) is 19.5 Å². The number of carbonyl (C=O) groups is 1. The third-order valence-corrected chi connectivity index (χ3v) is 4.53. The highest BCUT2D eigenvalue weighted by atomic mass is 32.1. The molecule has 0 saturated heterocycles. The molecule has 0 radical (unpaired) electrons. The van der Waals surface area contributed by atoms with Crippen molar-refractivity contribution in [2.24, 2.45) is 0 Å². The molecule has 0 spiro atoms. The predicted molar refractivity (Wildman–Crippen MR) is 97.1 cm³/mol. The summed E-state index contributed by atoms with van der Waals surface area (Å²) in [6.07, 6.45) is 0.719. The first-order valence-electron chi connectivity index (χ1n) is 7.76. The number of aromatic amines is 1. The fraction of sp³-hybridized carbons (Fsp3) is 0.278. The average Bonchev–Trinajstić information content (AvgIpc) is 2.88. The van der Waals surface area contributed by atoms with Crippen LogP contribution in [0.1, 0.15) is 32.9 Å². The summed E-state index contributed by atoms with van der Waals surface area (Å²) in [4.78, 5) is 18.7. The molecule has 124 valence electrons. The second kappa shape index (κ2) is 6.20. The zero-order valence-electron chi connectivity index (χ0n) is 14.3. The lowest BCUT2D eigenvalue weighted by molar-refractivity contribution is 0.0828. The molecule has 0 fully saturated rings. The van der Waals surface area contributed by atoms with Crippen LogP contribution < -0.4 is 0 Å². The van der Waals surface area contributed by atoms with Crippen molar-refractivity contribution in [3.63, 3.8) is 0 Å². The molecule has 0 aliphatic rings. The number of amides is 1. The van der Waals surface area contributed by atoms with E-state index in [1.165, 1.54) is 5.56 Å². The Morgan fingerprint density at radius 2 is 1.92 bits per heavy atom. The Morgan fingerprint density at radius 1 is 1.25 bits per heavy atom. The summed E-state index contributed by atoms with van der Waals surface area (Å²) in [7, 11) is 3.47. The Kier molecular flexibility index (Phi) is 4.24. The van der Waals surface area contributed by atoms with Crippen LogP contribution in [0.3, 0.4) is 0 Å². The lowest BCUT2D eigenvalue weighted by atomic mass is 10.1. The average molecular weight is 340 g/mol. The highest BCUT2D eigenvalue weighted by molar-refractivity contribution is 7.71. The molecule has 6 heteroatoms. The molecule has 2 aromatic heterocycles. The van der Waals surface area contributed by atoms with Gasteiger partial charge in [-0.3, -0.25) is 9.89 Å². The van der Waals surface area contributed by atoms with E-state index in [2.05, 4.69) is 22.2 Å². The number of hydrogen-bond acceptors (Lipinski definition) is 3. The van der Waals surface area contributed by atoms with Gasteiger partial charge < -0.3 is 4.90 Å². The number of nitrogens with one attached hydrogen (secondary N) is 1. The summed E-state index contributed by atoms with van der Waals surface area (Å²) < 4.78 is 2.41. The minimum absolute atomic E-state index is 0.0802. The molecule has 0 aliphatic carbocycles. The van der Waals surface area contributed by atoms with Crippen molar-refractivity contribution in [3.05, 3.63) is 63.1 Å². The highest BCUT2D eigenvalue weighted by Gasteiger charge is 2.21. The summed E-state index contributed by atoms with van der Waals surface area (Å²) in [5, 5.41) is 3.19. The van der Waals surface area contributed by atoms with E-state index in [1.54, 1.807) is 23.5 Å². The SMILES string of the molecule is Cc1nc2c(C(=O)N(C)C)c(C)[nH]n2c(=S)c1Cc1ccccc1. The van der Waals surface area contributed by atoms with E-state index in [0.717, 1.165) is 23.4 Å². The number of hydrogen-bond donors (Lipinski definition) is 1. The van der Waals surface area contributed by atoms with Crippen LogP contribution in [0.2, 0.25) is 0 Å². The van der Waals surface area contributed by atoms with Crippen LogP contribution in [0.5, 0.6) is 0 Å². The Morgan fingerprint density at radius 3 is 2.54 bits per heavy atom. The minimum Gasteiger partial charge on any atom is -0.345 e. The fourth-order valence-electron chi connectivity index (χ4n) is 2.81. The van der Waals surface area contributed by atoms with Gasteiger partial charge in [0, 0.05) is 37.5 Å². The number of nitrogens with zero attached hydrogens (tertiary/aromatic N) is 3. The molecule has 0 unspecified atom stereocenters. The maximum Gasteiger partial charge on any atom is 0.259 e. The summed E-state index contributed by atoms with van der Waals surface area (Å²) in [5.41, 5.74) is 4.96. The van der Waals surface area contributed by atoms with Gasteiger partial charge in [-0.1, -0.05) is 42.5 Å². The number of rotatable bonds is 3. The maximum atomic E-state index is 12.5. The monoisotopic (exact) mass is 340 g/mol. The van der Waals surface area contributed by atoms with Crippen LogP contribution in [-0.2, 0) is 6.42 Å². The van der Waals surface area contributed by atoms with E-state index in [-0.39, 0.29) is 5.91 Å². The van der Waals surface area contributed by atoms with Crippen LogP contribution in [-0.4, -0.2) is 39.5 Å². The molecule has 5 nitrogen and oxygen atoms in total. The number of carbonyl (C=O) groups excluding carboxylic acids is 1. The molecule has 2 heterocycles. The van der Waals surface area contributed by atoms with E-state index in [0.29, 0.717) is 15.9 Å². The zero-order valence-corrected chi connectivity index (χ0v) is 15.1. The van der Waals surface area contributed by atoms with Gasteiger partial charge in [0.05, 0.1) is 0 Å². The van der Waals surface area contributed by atoms with Crippen LogP contribution in [0.4, 0.5) is 0 Å². The minimum atomic E-state index is -0.0802. The first kappa shape index (κ1) is 16.4. The number of H-pyrrole nitrogens is 1. The Balaban J connectivity index is 2.19. The molecule has 0 bridgehead atoms. The van der Waals surface area contributed by atoms with Gasteiger partial charge in [-0.2, -0.15) is 0 Å². The van der Waals surface area contributed by atoms with Crippen LogP contribution in [0.15, 0.2) is 30.3 Å². The Bertz CT molecular complexity index is 970. The predicted octanol–water partition coefficient (Wildman–Crippen LogP) is 3.30. The molecular weight excluding hydrogens is 320 g/mol. The summed E-state index contributed by atoms with van der Waals surface area (Å²) in [6, 6.07) is 10.2. The zero-order chi connectivity index (χ0) is 17.4. The van der Waals surface area contributed by atoms with Gasteiger partial charge in [-0.05, 0) is 19.4 Å². The van der Waals surface area contributed by atoms with Crippen molar-refractivity contribution < 1.29 is 4.79 Å². The molecule has 3 rings (SSSR count). The van der Waals surface area contributed by atoms with Crippen molar-refractivity contribution in [3.8, 4) is 0 Å². The molecule has 1 amide bonds. The van der Waals surface area contributed by atoms with E-state index < -0.39 is 0 Å². The molecule has 1 aromatic carbocycles. The van der Waals surface area contributed by atoms with Crippen LogP contribution in [0, 0.1) is 18.5 Å². The third kappa shape index (κ3) is 2.73. The first-order valence-corrected chi connectivity index (χ1v) is 8.17. The third-order valence-electron chi connectivity index (χ3n) is 4.11. The molecule has 0 saturated carbocycles. The van der Waals surface area contributed by atoms with Gasteiger partial charge in [0.2, 0.25) is 0 Å². The Labute approximate surface area is 145 Å². The molecular formula is C18H20N4OS. The maximum absolute atomic E-state index is 12.5. The quantitative estimate of drug-likeness (QED) is 0.744. The second-order valence-electron chi connectivity index (χ2n) is 6.11. The largest absolute Gasteiger partial charge is 0.345 e. The molecule has 0 aliphatic heterocycles. The second-order valence-corrected chi connectivity index (χ2v) is 6.50. The number of aryl methyl sites for hydroxylation is 2. The normalized spacial score (nSPS) is 11.0. The van der Waals surface area contributed by atoms with Gasteiger partial charge in [-0.25, -0.2) is 9.50 Å². The summed E-state index contributed by atoms with van der Waals surface area (Å²) in [5.74, 6) is -0.0802. The van der Waals surface area contributed by atoms with Gasteiger partial charge in [0.25, 0.3) is 5.91 Å². The standard InChI is InChI=1S/C18H20N4OS/c1-11-14(10-13-8-6-5-7-9-13)18(24)22-16(19-11)15(12(2)20-22)17(23)21(3)4/h5-9,20H,10H2,1-4H3. The number of benzene rings is 1. The van der Waals surface area contributed by atoms with Crippen molar-refractivity contribution in [2.75, 3.05) is 14.1 Å². The van der Waals surface area contributed by atoms with Gasteiger partial charge in [-0.15, -0.1) is 0 Å². The number of aromatic nitrogens is 3.